The quantitative estimate of drug-likeness (QED) is 0.589. The maximum atomic E-state index is 2.45. The lowest BCUT2D eigenvalue weighted by molar-refractivity contribution is 0.805. The lowest BCUT2D eigenvalue weighted by atomic mass is 9.80. The van der Waals surface area contributed by atoms with Crippen LogP contribution in [0.1, 0.15) is 11.1 Å². The normalized spacial score (nSPS) is 18.4. The third kappa shape index (κ3) is 1.77. The van der Waals surface area contributed by atoms with E-state index in [-0.39, 0.29) is 0 Å². The Morgan fingerprint density at radius 3 is 2.32 bits per heavy atom. The standard InChI is InChI=1S/C22H16/c1-2-6-16-10-20-14-22-12-18-8-4-3-7-17(18)11-21(22)13-19(20)9-15(16)5-1/h1-11,13-14,22H,12H2. The largest absolute Gasteiger partial charge is 0.0688 e. The number of hydrogen-bond donors (Lipinski definition) is 0. The molecule has 2 aliphatic rings. The molecule has 0 nitrogen and oxygen atoms in total. The Hall–Kier alpha value is -2.60. The van der Waals surface area contributed by atoms with Crippen molar-refractivity contribution in [2.45, 2.75) is 6.42 Å². The molecule has 5 rings (SSSR count). The van der Waals surface area contributed by atoms with Crippen LogP contribution in [0.25, 0.3) is 29.0 Å². The Morgan fingerprint density at radius 2 is 1.45 bits per heavy atom. The van der Waals surface area contributed by atoms with E-state index in [0.717, 1.165) is 6.42 Å². The van der Waals surface area contributed by atoms with Crippen LogP contribution in [0.4, 0.5) is 0 Å². The Bertz CT molecular complexity index is 1050. The molecule has 22 heavy (non-hydrogen) atoms. The van der Waals surface area contributed by atoms with Crippen molar-refractivity contribution in [2.24, 2.45) is 5.92 Å². The minimum Gasteiger partial charge on any atom is -0.0688 e. The summed E-state index contributed by atoms with van der Waals surface area (Å²) in [4.78, 5) is 0. The molecule has 0 N–H and O–H groups in total. The minimum absolute atomic E-state index is 0.517. The van der Waals surface area contributed by atoms with Crippen LogP contribution in [0, 0.1) is 5.92 Å². The molecule has 2 aliphatic carbocycles. The topological polar surface area (TPSA) is 0 Å². The molecule has 0 saturated heterocycles. The summed E-state index contributed by atoms with van der Waals surface area (Å²) >= 11 is 0. The van der Waals surface area contributed by atoms with E-state index in [9.17, 15) is 0 Å². The van der Waals surface area contributed by atoms with Gasteiger partial charge < -0.3 is 0 Å². The van der Waals surface area contributed by atoms with Gasteiger partial charge in [-0.1, -0.05) is 66.8 Å². The first-order valence-corrected chi connectivity index (χ1v) is 7.89. The summed E-state index contributed by atoms with van der Waals surface area (Å²) in [6.07, 6.45) is 8.30. The monoisotopic (exact) mass is 280 g/mol. The maximum absolute atomic E-state index is 2.45. The van der Waals surface area contributed by atoms with E-state index < -0.39 is 0 Å². The Kier molecular flexibility index (Phi) is 2.42. The predicted molar refractivity (Wildman–Crippen MR) is 93.7 cm³/mol. The lowest BCUT2D eigenvalue weighted by Gasteiger charge is -2.24. The van der Waals surface area contributed by atoms with Crippen LogP contribution in [0.2, 0.25) is 0 Å². The number of hydrogen-bond acceptors (Lipinski definition) is 0. The van der Waals surface area contributed by atoms with Gasteiger partial charge in [0.15, 0.2) is 0 Å². The second-order valence-corrected chi connectivity index (χ2v) is 6.29. The van der Waals surface area contributed by atoms with E-state index in [1.165, 1.54) is 37.9 Å². The smallest absolute Gasteiger partial charge is 0.00682 e. The molecule has 0 saturated carbocycles. The summed E-state index contributed by atoms with van der Waals surface area (Å²) in [5.74, 6) is 0.517. The number of benzene rings is 3. The van der Waals surface area contributed by atoms with Crippen LogP contribution >= 0.6 is 0 Å². The number of fused-ring (bicyclic) bond motifs is 4. The molecule has 3 aromatic carbocycles. The van der Waals surface area contributed by atoms with Crippen molar-refractivity contribution in [3.05, 3.63) is 87.8 Å². The molecule has 104 valence electrons. The Labute approximate surface area is 129 Å². The highest BCUT2D eigenvalue weighted by Crippen LogP contribution is 2.31. The average Bonchev–Trinajstić information content (AvgIpc) is 2.56. The molecular weight excluding hydrogens is 264 g/mol. The van der Waals surface area contributed by atoms with Gasteiger partial charge in [0.05, 0.1) is 0 Å². The molecule has 0 heterocycles. The van der Waals surface area contributed by atoms with Crippen LogP contribution in [-0.2, 0) is 6.42 Å². The molecular formula is C22H16. The first-order chi connectivity index (χ1) is 10.9. The molecule has 0 spiro atoms. The van der Waals surface area contributed by atoms with Crippen molar-refractivity contribution in [1.29, 1.82) is 0 Å². The number of allylic oxidation sites excluding steroid dienone is 1. The zero-order valence-corrected chi connectivity index (χ0v) is 12.3. The predicted octanol–water partition coefficient (Wildman–Crippen LogP) is 3.67. The molecule has 0 aromatic heterocycles. The van der Waals surface area contributed by atoms with Gasteiger partial charge in [0.1, 0.15) is 0 Å². The summed E-state index contributed by atoms with van der Waals surface area (Å²) in [5.41, 5.74) is 4.29. The lowest BCUT2D eigenvalue weighted by Crippen LogP contribution is -2.31. The summed E-state index contributed by atoms with van der Waals surface area (Å²) < 4.78 is 0. The Morgan fingerprint density at radius 1 is 0.727 bits per heavy atom. The second kappa shape index (κ2) is 4.45. The third-order valence-electron chi connectivity index (χ3n) is 4.90. The Balaban J connectivity index is 1.78. The van der Waals surface area contributed by atoms with Crippen LogP contribution in [-0.4, -0.2) is 0 Å². The summed E-state index contributed by atoms with van der Waals surface area (Å²) in [5, 5.41) is 5.37. The van der Waals surface area contributed by atoms with Gasteiger partial charge in [-0.05, 0) is 56.5 Å². The molecule has 0 amide bonds. The van der Waals surface area contributed by atoms with Gasteiger partial charge in [-0.2, -0.15) is 0 Å². The molecule has 1 unspecified atom stereocenters. The van der Waals surface area contributed by atoms with Gasteiger partial charge in [0, 0.05) is 5.92 Å². The first-order valence-electron chi connectivity index (χ1n) is 7.89. The zero-order valence-electron chi connectivity index (χ0n) is 12.3. The van der Waals surface area contributed by atoms with E-state index in [1.807, 2.05) is 0 Å². The summed E-state index contributed by atoms with van der Waals surface area (Å²) in [6.45, 7) is 0. The van der Waals surface area contributed by atoms with Gasteiger partial charge in [-0.3, -0.25) is 0 Å². The zero-order chi connectivity index (χ0) is 14.5. The molecule has 1 atom stereocenters. The molecule has 3 aromatic rings. The summed E-state index contributed by atoms with van der Waals surface area (Å²) in [6, 6.07) is 22.0. The third-order valence-corrected chi connectivity index (χ3v) is 4.90. The van der Waals surface area contributed by atoms with E-state index in [0.29, 0.717) is 5.92 Å². The van der Waals surface area contributed by atoms with Crippen molar-refractivity contribution >= 4 is 29.0 Å². The highest BCUT2D eigenvalue weighted by Gasteiger charge is 2.19. The average molecular weight is 280 g/mol. The maximum Gasteiger partial charge on any atom is 0.00682 e. The molecule has 0 fully saturated rings. The van der Waals surface area contributed by atoms with Crippen molar-refractivity contribution in [2.75, 3.05) is 0 Å². The van der Waals surface area contributed by atoms with Crippen molar-refractivity contribution in [3.63, 3.8) is 0 Å². The van der Waals surface area contributed by atoms with Crippen LogP contribution in [0.15, 0.2) is 66.2 Å². The van der Waals surface area contributed by atoms with Crippen LogP contribution in [0.3, 0.4) is 0 Å². The minimum atomic E-state index is 0.517. The fourth-order valence-corrected chi connectivity index (χ4v) is 3.75. The summed E-state index contributed by atoms with van der Waals surface area (Å²) in [7, 11) is 0. The highest BCUT2D eigenvalue weighted by molar-refractivity contribution is 5.84. The van der Waals surface area contributed by atoms with Crippen molar-refractivity contribution in [1.82, 2.24) is 0 Å². The molecule has 0 bridgehead atoms. The SMILES string of the molecule is C1=C2C=c3cc4ccccc4cc3=CC2Cc2ccccc21. The van der Waals surface area contributed by atoms with Gasteiger partial charge in [-0.15, -0.1) is 0 Å². The van der Waals surface area contributed by atoms with E-state index in [1.54, 1.807) is 0 Å². The highest BCUT2D eigenvalue weighted by atomic mass is 14.2. The second-order valence-electron chi connectivity index (χ2n) is 6.29. The molecule has 0 radical (unpaired) electrons. The van der Waals surface area contributed by atoms with Crippen molar-refractivity contribution in [3.8, 4) is 0 Å². The van der Waals surface area contributed by atoms with Gasteiger partial charge in [0.2, 0.25) is 0 Å². The van der Waals surface area contributed by atoms with Gasteiger partial charge >= 0.3 is 0 Å². The van der Waals surface area contributed by atoms with E-state index in [4.69, 9.17) is 0 Å². The fraction of sp³-hybridized carbons (Fsp3) is 0.0909. The fourth-order valence-electron chi connectivity index (χ4n) is 3.75. The van der Waals surface area contributed by atoms with E-state index in [2.05, 4.69) is 78.9 Å². The molecule has 0 heteroatoms. The van der Waals surface area contributed by atoms with Gasteiger partial charge in [0.25, 0.3) is 0 Å². The van der Waals surface area contributed by atoms with Crippen molar-refractivity contribution < 1.29 is 0 Å². The molecule has 0 aliphatic heterocycles. The van der Waals surface area contributed by atoms with Crippen LogP contribution < -0.4 is 10.4 Å². The first kappa shape index (κ1) is 12.0. The van der Waals surface area contributed by atoms with E-state index >= 15 is 0 Å². The van der Waals surface area contributed by atoms with Crippen LogP contribution in [0.5, 0.6) is 0 Å². The van der Waals surface area contributed by atoms with Gasteiger partial charge in [-0.25, -0.2) is 0 Å². The number of rotatable bonds is 0.